The summed E-state index contributed by atoms with van der Waals surface area (Å²) in [4.78, 5) is 39.6. The molecule has 1 aliphatic heterocycles. The van der Waals surface area contributed by atoms with Crippen molar-refractivity contribution in [2.75, 3.05) is 13.1 Å². The van der Waals surface area contributed by atoms with Crippen molar-refractivity contribution in [3.8, 4) is 5.75 Å². The Morgan fingerprint density at radius 2 is 2.04 bits per heavy atom. The van der Waals surface area contributed by atoms with Crippen molar-refractivity contribution >= 4 is 11.8 Å². The van der Waals surface area contributed by atoms with E-state index in [9.17, 15) is 19.5 Å². The second-order valence-corrected chi connectivity index (χ2v) is 5.34. The van der Waals surface area contributed by atoms with Gasteiger partial charge in [-0.2, -0.15) is 0 Å². The highest BCUT2D eigenvalue weighted by molar-refractivity contribution is 6.03. The van der Waals surface area contributed by atoms with Crippen molar-refractivity contribution in [1.82, 2.24) is 9.88 Å². The quantitative estimate of drug-likeness (QED) is 0.696. The van der Waals surface area contributed by atoms with Gasteiger partial charge in [0.05, 0.1) is 5.56 Å². The Morgan fingerprint density at radius 1 is 1.38 bits per heavy atom. The smallest absolute Gasteiger partial charge is 0.291 e. The average molecular weight is 359 g/mol. The number of nitrogens with zero attached hydrogens (tertiary/aromatic N) is 1. The summed E-state index contributed by atoms with van der Waals surface area (Å²) >= 11 is 0. The van der Waals surface area contributed by atoms with Crippen LogP contribution in [-0.2, 0) is 6.42 Å². The number of fused-ring (bicyclic) bond motifs is 1. The summed E-state index contributed by atoms with van der Waals surface area (Å²) in [6.07, 6.45) is 7.43. The molecule has 0 unspecified atom stereocenters. The fourth-order valence-electron chi connectivity index (χ4n) is 2.60. The Bertz CT molecular complexity index is 819. The number of aromatic nitrogens is 1. The van der Waals surface area contributed by atoms with Gasteiger partial charge in [-0.3, -0.25) is 14.4 Å². The van der Waals surface area contributed by atoms with Crippen LogP contribution in [0.2, 0.25) is 0 Å². The topological polar surface area (TPSA) is 116 Å². The molecule has 2 heterocycles. The molecule has 1 aliphatic rings. The molecular formula is C19H25N3O4. The molecule has 0 saturated heterocycles. The number of nitrogens with two attached hydrogens (primary N) is 1. The zero-order valence-corrected chi connectivity index (χ0v) is 15.3. The number of carbonyl (C=O) groups is 2. The molecule has 7 nitrogen and oxygen atoms in total. The van der Waals surface area contributed by atoms with E-state index in [1.165, 1.54) is 4.90 Å². The van der Waals surface area contributed by atoms with Crippen molar-refractivity contribution in [2.45, 2.75) is 27.2 Å². The van der Waals surface area contributed by atoms with Gasteiger partial charge in [0.1, 0.15) is 5.69 Å². The van der Waals surface area contributed by atoms with Gasteiger partial charge >= 0.3 is 0 Å². The maximum atomic E-state index is 12.7. The predicted molar refractivity (Wildman–Crippen MR) is 101 cm³/mol. The number of allylic oxidation sites excluding steroid dienone is 3. The molecule has 0 radical (unpaired) electrons. The summed E-state index contributed by atoms with van der Waals surface area (Å²) in [5.74, 6) is -2.05. The first-order chi connectivity index (χ1) is 12.4. The van der Waals surface area contributed by atoms with Crippen LogP contribution in [0.3, 0.4) is 0 Å². The van der Waals surface area contributed by atoms with Crippen molar-refractivity contribution in [3.05, 3.63) is 63.6 Å². The number of H-pyrrole nitrogens is 1. The summed E-state index contributed by atoms with van der Waals surface area (Å²) < 4.78 is 0. The first-order valence-corrected chi connectivity index (χ1v) is 8.42. The van der Waals surface area contributed by atoms with Crippen molar-refractivity contribution in [2.24, 2.45) is 5.73 Å². The van der Waals surface area contributed by atoms with E-state index in [0.29, 0.717) is 13.0 Å². The molecule has 4 N–H and O–H groups in total. The highest BCUT2D eigenvalue weighted by atomic mass is 16.3. The number of pyridine rings is 1. The largest absolute Gasteiger partial charge is 0.502 e. The van der Waals surface area contributed by atoms with E-state index >= 15 is 0 Å². The van der Waals surface area contributed by atoms with Crippen LogP contribution in [-0.4, -0.2) is 39.9 Å². The molecular weight excluding hydrogens is 334 g/mol. The molecule has 0 fully saturated rings. The Morgan fingerprint density at radius 3 is 2.58 bits per heavy atom. The zero-order chi connectivity index (χ0) is 19.9. The third-order valence-corrected chi connectivity index (χ3v) is 3.81. The number of hydrogen-bond donors (Lipinski definition) is 3. The van der Waals surface area contributed by atoms with E-state index in [1.807, 2.05) is 39.0 Å². The van der Waals surface area contributed by atoms with Gasteiger partial charge in [0, 0.05) is 13.1 Å². The van der Waals surface area contributed by atoms with Crippen LogP contribution in [0.25, 0.3) is 0 Å². The number of carbonyl (C=O) groups excluding carboxylic acids is 2. The van der Waals surface area contributed by atoms with Crippen LogP contribution >= 0.6 is 0 Å². The fourth-order valence-corrected chi connectivity index (χ4v) is 2.60. The Hall–Kier alpha value is -3.09. The van der Waals surface area contributed by atoms with Crippen LogP contribution in [0.5, 0.6) is 5.75 Å². The second-order valence-electron chi connectivity index (χ2n) is 5.34. The van der Waals surface area contributed by atoms with Crippen LogP contribution in [0.15, 0.2) is 41.3 Å². The lowest BCUT2D eigenvalue weighted by Crippen LogP contribution is -2.41. The lowest BCUT2D eigenvalue weighted by molar-refractivity contribution is 0.0751. The number of hydrogen-bond acceptors (Lipinski definition) is 4. The van der Waals surface area contributed by atoms with E-state index in [1.54, 1.807) is 6.08 Å². The number of aromatic hydroxyl groups is 1. The summed E-state index contributed by atoms with van der Waals surface area (Å²) in [7, 11) is 0. The van der Waals surface area contributed by atoms with Crippen LogP contribution in [0.1, 0.15) is 47.2 Å². The van der Waals surface area contributed by atoms with E-state index in [2.05, 4.69) is 11.6 Å². The Balaban J connectivity index is 0.00000163. The lowest BCUT2D eigenvalue weighted by atomic mass is 9.96. The molecule has 0 saturated carbocycles. The molecule has 0 aromatic carbocycles. The van der Waals surface area contributed by atoms with E-state index in [-0.39, 0.29) is 23.4 Å². The van der Waals surface area contributed by atoms with Crippen molar-refractivity contribution in [3.63, 3.8) is 0 Å². The standard InChI is InChI=1S/C17H19N3O4.C2H6/c1-3-5-6-10(4-2)9-20-8-7-11-12(17(20)24)14(21)16(23)19-13(11)15(18)22;1-2/h3-6,21H,2,7-9H2,1H3,(H2,18,22)(H,19,23);1-2H3/b5-3-,10-6+;. The van der Waals surface area contributed by atoms with Gasteiger partial charge in [-0.05, 0) is 24.5 Å². The summed E-state index contributed by atoms with van der Waals surface area (Å²) in [6, 6.07) is 0. The van der Waals surface area contributed by atoms with Gasteiger partial charge in [0.15, 0.2) is 5.75 Å². The van der Waals surface area contributed by atoms with Gasteiger partial charge in [-0.1, -0.05) is 44.7 Å². The predicted octanol–water partition coefficient (Wildman–Crippen LogP) is 1.89. The Kier molecular flexibility index (Phi) is 7.58. The summed E-state index contributed by atoms with van der Waals surface area (Å²) in [6.45, 7) is 10.2. The van der Waals surface area contributed by atoms with Crippen LogP contribution in [0.4, 0.5) is 0 Å². The minimum atomic E-state index is -0.911. The molecule has 0 spiro atoms. The van der Waals surface area contributed by atoms with E-state index in [4.69, 9.17) is 5.73 Å². The summed E-state index contributed by atoms with van der Waals surface area (Å²) in [5, 5.41) is 9.98. The molecule has 2 rings (SSSR count). The molecule has 1 aromatic heterocycles. The number of amides is 2. The molecule has 140 valence electrons. The average Bonchev–Trinajstić information content (AvgIpc) is 2.64. The number of rotatable bonds is 5. The van der Waals surface area contributed by atoms with Crippen LogP contribution in [0, 0.1) is 0 Å². The van der Waals surface area contributed by atoms with Gasteiger partial charge < -0.3 is 20.7 Å². The molecule has 1 aromatic rings. The lowest BCUT2D eigenvalue weighted by Gasteiger charge is -2.29. The van der Waals surface area contributed by atoms with Crippen molar-refractivity contribution < 1.29 is 14.7 Å². The van der Waals surface area contributed by atoms with Crippen molar-refractivity contribution in [1.29, 1.82) is 0 Å². The molecule has 0 bridgehead atoms. The number of primary amides is 1. The molecule has 2 amide bonds. The molecule has 7 heteroatoms. The highest BCUT2D eigenvalue weighted by Gasteiger charge is 2.32. The normalized spacial score (nSPS) is 13.9. The minimum Gasteiger partial charge on any atom is -0.502 e. The summed E-state index contributed by atoms with van der Waals surface area (Å²) in [5.41, 5.74) is 5.13. The number of nitrogens with one attached hydrogen (secondary N) is 1. The SMILES string of the molecule is C=C/C(=C\C=C/C)CN1CCc2c(C(N)=O)[nH]c(=O)c(O)c2C1=O.CC. The highest BCUT2D eigenvalue weighted by Crippen LogP contribution is 2.26. The second kappa shape index (κ2) is 9.41. The third-order valence-electron chi connectivity index (χ3n) is 3.81. The monoisotopic (exact) mass is 359 g/mol. The first-order valence-electron chi connectivity index (χ1n) is 8.42. The molecule has 26 heavy (non-hydrogen) atoms. The molecule has 0 aliphatic carbocycles. The van der Waals surface area contributed by atoms with E-state index < -0.39 is 23.1 Å². The van der Waals surface area contributed by atoms with Gasteiger partial charge in [-0.25, -0.2) is 0 Å². The Labute approximate surface area is 152 Å². The van der Waals surface area contributed by atoms with Gasteiger partial charge in [0.25, 0.3) is 17.4 Å². The fraction of sp³-hybridized carbons (Fsp3) is 0.316. The number of aromatic amines is 1. The van der Waals surface area contributed by atoms with Gasteiger partial charge in [-0.15, -0.1) is 0 Å². The zero-order valence-electron chi connectivity index (χ0n) is 15.3. The minimum absolute atomic E-state index is 0.130. The van der Waals surface area contributed by atoms with Crippen LogP contribution < -0.4 is 11.3 Å². The maximum absolute atomic E-state index is 12.7. The maximum Gasteiger partial charge on any atom is 0.291 e. The van der Waals surface area contributed by atoms with Gasteiger partial charge in [0.2, 0.25) is 0 Å². The third kappa shape index (κ3) is 4.30. The molecule has 0 atom stereocenters. The first kappa shape index (κ1) is 21.0. The van der Waals surface area contributed by atoms with E-state index in [0.717, 1.165) is 5.57 Å².